The predicted molar refractivity (Wildman–Crippen MR) is 75.5 cm³/mol. The molecular formula is C16H30O2. The molecular weight excluding hydrogens is 224 g/mol. The Kier molecular flexibility index (Phi) is 7.57. The molecule has 0 saturated heterocycles. The summed E-state index contributed by atoms with van der Waals surface area (Å²) in [5.74, 6) is 0.829. The summed E-state index contributed by atoms with van der Waals surface area (Å²) in [4.78, 5) is 12.1. The van der Waals surface area contributed by atoms with Gasteiger partial charge in [-0.15, -0.1) is 0 Å². The Bertz CT molecular complexity index is 231. The molecule has 0 radical (unpaired) electrons. The highest BCUT2D eigenvalue weighted by molar-refractivity contribution is 5.83. The van der Waals surface area contributed by atoms with E-state index in [4.69, 9.17) is 0 Å². The van der Waals surface area contributed by atoms with E-state index in [9.17, 15) is 9.90 Å². The van der Waals surface area contributed by atoms with Crippen molar-refractivity contribution in [2.75, 3.05) is 0 Å². The normalized spacial score (nSPS) is 20.6. The quantitative estimate of drug-likeness (QED) is 0.708. The minimum atomic E-state index is -0.680. The van der Waals surface area contributed by atoms with Crippen LogP contribution in [0.15, 0.2) is 0 Å². The van der Waals surface area contributed by atoms with E-state index >= 15 is 0 Å². The van der Waals surface area contributed by atoms with Crippen LogP contribution in [0.5, 0.6) is 0 Å². The molecule has 0 amide bonds. The number of unbranched alkanes of at least 4 members (excludes halogenated alkanes) is 1. The van der Waals surface area contributed by atoms with Crippen LogP contribution in [-0.4, -0.2) is 17.0 Å². The number of aliphatic hydroxyl groups excluding tert-OH is 1. The zero-order chi connectivity index (χ0) is 13.4. The van der Waals surface area contributed by atoms with E-state index in [0.29, 0.717) is 12.3 Å². The van der Waals surface area contributed by atoms with Gasteiger partial charge in [0.2, 0.25) is 0 Å². The summed E-state index contributed by atoms with van der Waals surface area (Å²) in [6, 6.07) is 0. The van der Waals surface area contributed by atoms with Gasteiger partial charge < -0.3 is 5.11 Å². The Hall–Kier alpha value is -0.370. The van der Waals surface area contributed by atoms with Crippen LogP contribution < -0.4 is 0 Å². The Morgan fingerprint density at radius 2 is 1.89 bits per heavy atom. The van der Waals surface area contributed by atoms with E-state index in [1.807, 2.05) is 0 Å². The molecule has 1 aliphatic rings. The Balaban J connectivity index is 2.36. The molecule has 2 nitrogen and oxygen atoms in total. The molecule has 0 aromatic rings. The van der Waals surface area contributed by atoms with Gasteiger partial charge in [0.25, 0.3) is 0 Å². The van der Waals surface area contributed by atoms with Crippen LogP contribution in [-0.2, 0) is 4.79 Å². The smallest absolute Gasteiger partial charge is 0.161 e. The molecule has 1 N–H and O–H groups in total. The first-order valence-electron chi connectivity index (χ1n) is 7.89. The van der Waals surface area contributed by atoms with Crippen molar-refractivity contribution in [3.8, 4) is 0 Å². The van der Waals surface area contributed by atoms with Crippen LogP contribution in [0.25, 0.3) is 0 Å². The summed E-state index contributed by atoms with van der Waals surface area (Å²) in [6.45, 7) is 4.34. The molecule has 1 saturated carbocycles. The molecule has 0 spiro atoms. The average molecular weight is 254 g/mol. The molecule has 1 rings (SSSR count). The standard InChI is InChI=1S/C16H30O2/c1-3-5-9-13(4-2)12-15(17)16(18)14-10-7-6-8-11-14/h13-14,16,18H,3-12H2,1-2H3. The van der Waals surface area contributed by atoms with Gasteiger partial charge >= 0.3 is 0 Å². The zero-order valence-electron chi connectivity index (χ0n) is 12.2. The summed E-state index contributed by atoms with van der Waals surface area (Å²) in [7, 11) is 0. The van der Waals surface area contributed by atoms with Crippen molar-refractivity contribution in [3.63, 3.8) is 0 Å². The Labute approximate surface area is 112 Å². The maximum absolute atomic E-state index is 12.1. The fourth-order valence-corrected chi connectivity index (χ4v) is 3.06. The minimum Gasteiger partial charge on any atom is -0.385 e. The van der Waals surface area contributed by atoms with Crippen LogP contribution in [0, 0.1) is 11.8 Å². The first-order chi connectivity index (χ1) is 8.69. The highest BCUT2D eigenvalue weighted by Gasteiger charge is 2.28. The topological polar surface area (TPSA) is 37.3 Å². The third-order valence-corrected chi connectivity index (χ3v) is 4.46. The van der Waals surface area contributed by atoms with Crippen molar-refractivity contribution in [3.05, 3.63) is 0 Å². The van der Waals surface area contributed by atoms with Crippen molar-refractivity contribution < 1.29 is 9.90 Å². The summed E-state index contributed by atoms with van der Waals surface area (Å²) in [5, 5.41) is 10.2. The number of carbonyl (C=O) groups is 1. The molecule has 0 aliphatic heterocycles. The molecule has 0 heterocycles. The molecule has 2 atom stereocenters. The van der Waals surface area contributed by atoms with Crippen molar-refractivity contribution in [1.82, 2.24) is 0 Å². The van der Waals surface area contributed by atoms with Crippen LogP contribution >= 0.6 is 0 Å². The van der Waals surface area contributed by atoms with Gasteiger partial charge in [-0.1, -0.05) is 58.8 Å². The highest BCUT2D eigenvalue weighted by atomic mass is 16.3. The lowest BCUT2D eigenvalue weighted by Gasteiger charge is -2.26. The number of aliphatic hydroxyl groups is 1. The van der Waals surface area contributed by atoms with Gasteiger partial charge in [0.1, 0.15) is 6.10 Å². The van der Waals surface area contributed by atoms with E-state index in [0.717, 1.165) is 25.7 Å². The number of hydrogen-bond donors (Lipinski definition) is 1. The van der Waals surface area contributed by atoms with Crippen LogP contribution in [0.4, 0.5) is 0 Å². The molecule has 1 fully saturated rings. The van der Waals surface area contributed by atoms with Crippen molar-refractivity contribution in [2.24, 2.45) is 11.8 Å². The maximum Gasteiger partial charge on any atom is 0.161 e. The van der Waals surface area contributed by atoms with E-state index in [1.54, 1.807) is 0 Å². The van der Waals surface area contributed by atoms with Crippen LogP contribution in [0.3, 0.4) is 0 Å². The SMILES string of the molecule is CCCCC(CC)CC(=O)C(O)C1CCCCC1. The highest BCUT2D eigenvalue weighted by Crippen LogP contribution is 2.28. The summed E-state index contributed by atoms with van der Waals surface area (Å²) in [6.07, 6.45) is 10.2. The van der Waals surface area contributed by atoms with Gasteiger partial charge in [-0.05, 0) is 24.7 Å². The number of carbonyl (C=O) groups excluding carboxylic acids is 1. The second-order valence-electron chi connectivity index (χ2n) is 5.93. The molecule has 2 unspecified atom stereocenters. The fraction of sp³-hybridized carbons (Fsp3) is 0.938. The lowest BCUT2D eigenvalue weighted by Crippen LogP contribution is -2.32. The van der Waals surface area contributed by atoms with E-state index in [2.05, 4.69) is 13.8 Å². The van der Waals surface area contributed by atoms with Gasteiger partial charge in [0, 0.05) is 6.42 Å². The fourth-order valence-electron chi connectivity index (χ4n) is 3.06. The Morgan fingerprint density at radius 1 is 1.22 bits per heavy atom. The zero-order valence-corrected chi connectivity index (χ0v) is 12.2. The minimum absolute atomic E-state index is 0.102. The second-order valence-corrected chi connectivity index (χ2v) is 5.93. The van der Waals surface area contributed by atoms with Crippen molar-refractivity contribution in [2.45, 2.75) is 84.2 Å². The predicted octanol–water partition coefficient (Wildman–Crippen LogP) is 4.10. The lowest BCUT2D eigenvalue weighted by molar-refractivity contribution is -0.131. The summed E-state index contributed by atoms with van der Waals surface area (Å²) < 4.78 is 0. The third kappa shape index (κ3) is 5.09. The first kappa shape index (κ1) is 15.7. The van der Waals surface area contributed by atoms with E-state index < -0.39 is 6.10 Å². The number of hydrogen-bond acceptors (Lipinski definition) is 2. The maximum atomic E-state index is 12.1. The average Bonchev–Trinajstić information content (AvgIpc) is 2.43. The van der Waals surface area contributed by atoms with Gasteiger partial charge in [0.15, 0.2) is 5.78 Å². The monoisotopic (exact) mass is 254 g/mol. The van der Waals surface area contributed by atoms with Crippen molar-refractivity contribution >= 4 is 5.78 Å². The molecule has 0 bridgehead atoms. The molecule has 18 heavy (non-hydrogen) atoms. The van der Waals surface area contributed by atoms with Gasteiger partial charge in [-0.25, -0.2) is 0 Å². The largest absolute Gasteiger partial charge is 0.385 e. The molecule has 0 aromatic carbocycles. The van der Waals surface area contributed by atoms with Gasteiger partial charge in [0.05, 0.1) is 0 Å². The number of Topliss-reactive ketones (excluding diaryl/α,β-unsaturated/α-hetero) is 1. The van der Waals surface area contributed by atoms with Crippen LogP contribution in [0.2, 0.25) is 0 Å². The molecule has 106 valence electrons. The van der Waals surface area contributed by atoms with Crippen molar-refractivity contribution in [1.29, 1.82) is 0 Å². The van der Waals surface area contributed by atoms with E-state index in [1.165, 1.54) is 32.1 Å². The molecule has 2 heteroatoms. The number of rotatable bonds is 8. The van der Waals surface area contributed by atoms with E-state index in [-0.39, 0.29) is 11.7 Å². The lowest BCUT2D eigenvalue weighted by atomic mass is 9.81. The molecule has 1 aliphatic carbocycles. The van der Waals surface area contributed by atoms with Gasteiger partial charge in [-0.2, -0.15) is 0 Å². The second kappa shape index (κ2) is 8.68. The van der Waals surface area contributed by atoms with Crippen LogP contribution in [0.1, 0.15) is 78.1 Å². The summed E-state index contributed by atoms with van der Waals surface area (Å²) in [5.41, 5.74) is 0. The first-order valence-corrected chi connectivity index (χ1v) is 7.89. The summed E-state index contributed by atoms with van der Waals surface area (Å²) >= 11 is 0. The number of ketones is 1. The third-order valence-electron chi connectivity index (χ3n) is 4.46. The Morgan fingerprint density at radius 3 is 2.44 bits per heavy atom. The molecule has 0 aromatic heterocycles. The van der Waals surface area contributed by atoms with Gasteiger partial charge in [-0.3, -0.25) is 4.79 Å².